The molecule has 21 heavy (non-hydrogen) atoms. The van der Waals surface area contributed by atoms with Crippen molar-refractivity contribution >= 4 is 11.8 Å². The first kappa shape index (κ1) is 15.7. The summed E-state index contributed by atoms with van der Waals surface area (Å²) in [6.07, 6.45) is 7.06. The third-order valence-corrected chi connectivity index (χ3v) is 4.26. The third kappa shape index (κ3) is 3.72. The minimum atomic E-state index is -0.130. The van der Waals surface area contributed by atoms with E-state index in [0.717, 1.165) is 12.8 Å². The lowest BCUT2D eigenvalue weighted by molar-refractivity contribution is 0.0649. The van der Waals surface area contributed by atoms with Crippen LogP contribution in [0, 0.1) is 5.92 Å². The maximum atomic E-state index is 12.2. The summed E-state index contributed by atoms with van der Waals surface area (Å²) in [5.41, 5.74) is 1.11. The lowest BCUT2D eigenvalue weighted by atomic mass is 9.98. The minimum absolute atomic E-state index is 0.130. The Bertz CT molecular complexity index is 475. The molecule has 0 saturated heterocycles. The summed E-state index contributed by atoms with van der Waals surface area (Å²) in [6.45, 7) is 5.02. The summed E-state index contributed by atoms with van der Waals surface area (Å²) in [5.74, 6) is 0.412. The zero-order chi connectivity index (χ0) is 15.2. The molecule has 0 aliphatic carbocycles. The molecule has 0 saturated carbocycles. The standard InChI is InChI=1S/C18H25NO2/c1-3-4-5-9-14(2)10-8-13-19-17(20)15-11-6-7-12-16(15)18(19)21/h6-7,11-12,14H,3-5,8-10,13H2,1-2H3. The maximum Gasteiger partial charge on any atom is 0.261 e. The summed E-state index contributed by atoms with van der Waals surface area (Å²) in [7, 11) is 0. The van der Waals surface area contributed by atoms with Crippen LogP contribution in [-0.4, -0.2) is 23.3 Å². The minimum Gasteiger partial charge on any atom is -0.274 e. The smallest absolute Gasteiger partial charge is 0.261 e. The van der Waals surface area contributed by atoms with Crippen molar-refractivity contribution in [3.05, 3.63) is 35.4 Å². The van der Waals surface area contributed by atoms with Crippen LogP contribution in [0.3, 0.4) is 0 Å². The zero-order valence-electron chi connectivity index (χ0n) is 13.1. The Hall–Kier alpha value is -1.64. The lowest BCUT2D eigenvalue weighted by Gasteiger charge is -2.16. The van der Waals surface area contributed by atoms with Crippen molar-refractivity contribution in [2.75, 3.05) is 6.54 Å². The summed E-state index contributed by atoms with van der Waals surface area (Å²) in [4.78, 5) is 25.8. The van der Waals surface area contributed by atoms with Crippen LogP contribution >= 0.6 is 0 Å². The van der Waals surface area contributed by atoms with Crippen LogP contribution in [-0.2, 0) is 0 Å². The van der Waals surface area contributed by atoms with Gasteiger partial charge in [-0.05, 0) is 30.9 Å². The topological polar surface area (TPSA) is 37.4 Å². The van der Waals surface area contributed by atoms with Gasteiger partial charge in [-0.1, -0.05) is 51.7 Å². The first-order valence-electron chi connectivity index (χ1n) is 8.10. The second-order valence-corrected chi connectivity index (χ2v) is 6.05. The molecule has 114 valence electrons. The lowest BCUT2D eigenvalue weighted by Crippen LogP contribution is -2.30. The molecule has 0 fully saturated rings. The van der Waals surface area contributed by atoms with Gasteiger partial charge in [0.05, 0.1) is 11.1 Å². The second kappa shape index (κ2) is 7.39. The van der Waals surface area contributed by atoms with Gasteiger partial charge < -0.3 is 0 Å². The van der Waals surface area contributed by atoms with Crippen LogP contribution in [0.25, 0.3) is 0 Å². The van der Waals surface area contributed by atoms with Gasteiger partial charge >= 0.3 is 0 Å². The monoisotopic (exact) mass is 287 g/mol. The van der Waals surface area contributed by atoms with Crippen LogP contribution in [0.1, 0.15) is 73.1 Å². The predicted octanol–water partition coefficient (Wildman–Crippen LogP) is 4.28. The highest BCUT2D eigenvalue weighted by atomic mass is 16.2. The van der Waals surface area contributed by atoms with Gasteiger partial charge in [0.2, 0.25) is 0 Å². The molecule has 1 aliphatic rings. The summed E-state index contributed by atoms with van der Waals surface area (Å²) in [5, 5.41) is 0. The van der Waals surface area contributed by atoms with Crippen LogP contribution in [0.5, 0.6) is 0 Å². The number of unbranched alkanes of at least 4 members (excludes halogenated alkanes) is 2. The first-order valence-corrected chi connectivity index (χ1v) is 8.10. The highest BCUT2D eigenvalue weighted by molar-refractivity contribution is 6.21. The van der Waals surface area contributed by atoms with E-state index in [2.05, 4.69) is 13.8 Å². The Labute approximate surface area is 127 Å². The molecular formula is C18H25NO2. The van der Waals surface area contributed by atoms with Crippen molar-refractivity contribution in [2.24, 2.45) is 5.92 Å². The van der Waals surface area contributed by atoms with Gasteiger partial charge in [-0.2, -0.15) is 0 Å². The summed E-state index contributed by atoms with van der Waals surface area (Å²) in [6, 6.07) is 7.10. The molecule has 2 rings (SSSR count). The van der Waals surface area contributed by atoms with Gasteiger partial charge in [0.25, 0.3) is 11.8 Å². The Kier molecular flexibility index (Phi) is 5.54. The maximum absolute atomic E-state index is 12.2. The average molecular weight is 287 g/mol. The molecule has 3 heteroatoms. The molecule has 1 aliphatic heterocycles. The van der Waals surface area contributed by atoms with E-state index in [1.54, 1.807) is 12.1 Å². The van der Waals surface area contributed by atoms with E-state index in [-0.39, 0.29) is 11.8 Å². The highest BCUT2D eigenvalue weighted by Gasteiger charge is 2.34. The molecule has 1 heterocycles. The van der Waals surface area contributed by atoms with E-state index < -0.39 is 0 Å². The van der Waals surface area contributed by atoms with Crippen LogP contribution in [0.15, 0.2) is 24.3 Å². The van der Waals surface area contributed by atoms with E-state index in [4.69, 9.17) is 0 Å². The number of carbonyl (C=O) groups is 2. The molecule has 0 spiro atoms. The van der Waals surface area contributed by atoms with Crippen LogP contribution in [0.4, 0.5) is 0 Å². The number of hydrogen-bond acceptors (Lipinski definition) is 2. The number of hydrogen-bond donors (Lipinski definition) is 0. The Morgan fingerprint density at radius 1 is 0.952 bits per heavy atom. The van der Waals surface area contributed by atoms with E-state index >= 15 is 0 Å². The quantitative estimate of drug-likeness (QED) is 0.528. The Morgan fingerprint density at radius 3 is 2.10 bits per heavy atom. The number of rotatable bonds is 8. The van der Waals surface area contributed by atoms with Crippen molar-refractivity contribution in [1.82, 2.24) is 4.90 Å². The van der Waals surface area contributed by atoms with Gasteiger partial charge in [0.1, 0.15) is 0 Å². The van der Waals surface area contributed by atoms with Gasteiger partial charge in [-0.3, -0.25) is 14.5 Å². The molecule has 1 aromatic carbocycles. The van der Waals surface area contributed by atoms with Crippen molar-refractivity contribution < 1.29 is 9.59 Å². The van der Waals surface area contributed by atoms with Gasteiger partial charge in [-0.25, -0.2) is 0 Å². The van der Waals surface area contributed by atoms with Crippen LogP contribution in [0.2, 0.25) is 0 Å². The second-order valence-electron chi connectivity index (χ2n) is 6.05. The number of benzene rings is 1. The van der Waals surface area contributed by atoms with Gasteiger partial charge in [0, 0.05) is 6.54 Å². The fourth-order valence-corrected chi connectivity index (χ4v) is 2.93. The van der Waals surface area contributed by atoms with Crippen LogP contribution < -0.4 is 0 Å². The van der Waals surface area contributed by atoms with E-state index in [0.29, 0.717) is 23.6 Å². The van der Waals surface area contributed by atoms with Gasteiger partial charge in [-0.15, -0.1) is 0 Å². The molecular weight excluding hydrogens is 262 g/mol. The number of imide groups is 1. The molecule has 0 aromatic heterocycles. The molecule has 3 nitrogen and oxygen atoms in total. The normalized spacial score (nSPS) is 15.4. The Morgan fingerprint density at radius 2 is 1.52 bits per heavy atom. The number of amides is 2. The van der Waals surface area contributed by atoms with E-state index in [9.17, 15) is 9.59 Å². The number of fused-ring (bicyclic) bond motifs is 1. The first-order chi connectivity index (χ1) is 10.1. The molecule has 0 bridgehead atoms. The average Bonchev–Trinajstić information content (AvgIpc) is 2.73. The SMILES string of the molecule is CCCCCC(C)CCCN1C(=O)c2ccccc2C1=O. The largest absolute Gasteiger partial charge is 0.274 e. The molecule has 0 radical (unpaired) electrons. The molecule has 2 amide bonds. The summed E-state index contributed by atoms with van der Waals surface area (Å²) < 4.78 is 0. The molecule has 1 aromatic rings. The molecule has 0 N–H and O–H groups in total. The zero-order valence-corrected chi connectivity index (χ0v) is 13.1. The van der Waals surface area contributed by atoms with Crippen molar-refractivity contribution in [3.8, 4) is 0 Å². The Balaban J connectivity index is 1.80. The van der Waals surface area contributed by atoms with Crippen molar-refractivity contribution in [3.63, 3.8) is 0 Å². The number of carbonyl (C=O) groups excluding carboxylic acids is 2. The van der Waals surface area contributed by atoms with E-state index in [1.165, 1.54) is 30.6 Å². The summed E-state index contributed by atoms with van der Waals surface area (Å²) >= 11 is 0. The fourth-order valence-electron chi connectivity index (χ4n) is 2.93. The predicted molar refractivity (Wildman–Crippen MR) is 84.3 cm³/mol. The molecule has 1 atom stereocenters. The van der Waals surface area contributed by atoms with E-state index in [1.807, 2.05) is 12.1 Å². The molecule has 1 unspecified atom stereocenters. The van der Waals surface area contributed by atoms with Crippen molar-refractivity contribution in [2.45, 2.75) is 52.4 Å². The third-order valence-electron chi connectivity index (χ3n) is 4.26. The van der Waals surface area contributed by atoms with Crippen molar-refractivity contribution in [1.29, 1.82) is 0 Å². The fraction of sp³-hybridized carbons (Fsp3) is 0.556. The highest BCUT2D eigenvalue weighted by Crippen LogP contribution is 2.23. The van der Waals surface area contributed by atoms with Gasteiger partial charge in [0.15, 0.2) is 0 Å². The number of nitrogens with zero attached hydrogens (tertiary/aromatic N) is 1.